The van der Waals surface area contributed by atoms with Gasteiger partial charge in [0.15, 0.2) is 0 Å². The van der Waals surface area contributed by atoms with E-state index in [0.29, 0.717) is 10.8 Å². The minimum Gasteiger partial charge on any atom is -0.361 e. The average Bonchev–Trinajstić information content (AvgIpc) is 3.23. The summed E-state index contributed by atoms with van der Waals surface area (Å²) in [5, 5.41) is 7.46. The quantitative estimate of drug-likeness (QED) is 0.399. The zero-order valence-corrected chi connectivity index (χ0v) is 13.6. The molecule has 0 spiro atoms. The number of nitrogens with one attached hydrogen (secondary N) is 2. The van der Waals surface area contributed by atoms with Crippen LogP contribution in [0.1, 0.15) is 5.56 Å². The molecule has 124 valence electrons. The number of halogens is 2. The highest BCUT2D eigenvalue weighted by Gasteiger charge is 2.10. The van der Waals surface area contributed by atoms with Crippen molar-refractivity contribution >= 4 is 33.6 Å². The number of aromatic nitrogens is 2. The molecular formula is C18H12F2N4S. The second kappa shape index (κ2) is 6.45. The first-order chi connectivity index (χ1) is 12.2. The standard InChI is InChI=1S/C18H12F2N4S/c19-12-5-6-14(15(20)7-12)17-10-25-18(23-17)24-22-9-11-8-21-16-4-2-1-3-13(11)16/h1-10,21H,(H,23,24)/b22-9-. The average molecular weight is 354 g/mol. The van der Waals surface area contributed by atoms with Gasteiger partial charge >= 0.3 is 0 Å². The van der Waals surface area contributed by atoms with Crippen molar-refractivity contribution in [2.24, 2.45) is 5.10 Å². The lowest BCUT2D eigenvalue weighted by atomic mass is 10.1. The topological polar surface area (TPSA) is 53.1 Å². The van der Waals surface area contributed by atoms with E-state index < -0.39 is 11.6 Å². The molecule has 25 heavy (non-hydrogen) atoms. The first kappa shape index (κ1) is 15.5. The maximum Gasteiger partial charge on any atom is 0.203 e. The molecule has 0 saturated carbocycles. The van der Waals surface area contributed by atoms with E-state index in [4.69, 9.17) is 0 Å². The maximum absolute atomic E-state index is 13.8. The number of para-hydroxylation sites is 1. The molecule has 0 fully saturated rings. The van der Waals surface area contributed by atoms with Gasteiger partial charge in [-0.3, -0.25) is 5.43 Å². The second-order valence-corrected chi connectivity index (χ2v) is 6.18. The Morgan fingerprint density at radius 1 is 1.16 bits per heavy atom. The highest BCUT2D eigenvalue weighted by atomic mass is 32.1. The monoisotopic (exact) mass is 354 g/mol. The fraction of sp³-hybridized carbons (Fsp3) is 0. The molecule has 0 bridgehead atoms. The van der Waals surface area contributed by atoms with Gasteiger partial charge in [0.2, 0.25) is 5.13 Å². The summed E-state index contributed by atoms with van der Waals surface area (Å²) < 4.78 is 26.8. The molecule has 4 rings (SSSR count). The number of rotatable bonds is 4. The fourth-order valence-corrected chi connectivity index (χ4v) is 3.16. The predicted molar refractivity (Wildman–Crippen MR) is 97.0 cm³/mol. The molecule has 2 aromatic heterocycles. The number of hydrogen-bond donors (Lipinski definition) is 2. The fourth-order valence-electron chi connectivity index (χ4n) is 2.50. The summed E-state index contributed by atoms with van der Waals surface area (Å²) in [7, 11) is 0. The van der Waals surface area contributed by atoms with Crippen LogP contribution in [0.25, 0.3) is 22.2 Å². The Morgan fingerprint density at radius 2 is 2.04 bits per heavy atom. The van der Waals surface area contributed by atoms with Crippen molar-refractivity contribution in [2.75, 3.05) is 5.43 Å². The number of nitrogens with zero attached hydrogens (tertiary/aromatic N) is 2. The van der Waals surface area contributed by atoms with Gasteiger partial charge in [0.25, 0.3) is 0 Å². The van der Waals surface area contributed by atoms with Crippen LogP contribution in [0.5, 0.6) is 0 Å². The summed E-state index contributed by atoms with van der Waals surface area (Å²) in [4.78, 5) is 7.44. The lowest BCUT2D eigenvalue weighted by Crippen LogP contribution is -1.90. The Balaban J connectivity index is 1.51. The molecule has 0 amide bonds. The predicted octanol–water partition coefficient (Wildman–Crippen LogP) is 5.02. The third-order valence-electron chi connectivity index (χ3n) is 3.70. The van der Waals surface area contributed by atoms with Crippen LogP contribution in [0.2, 0.25) is 0 Å². The van der Waals surface area contributed by atoms with Crippen molar-refractivity contribution in [3.05, 3.63) is 71.2 Å². The molecule has 0 aliphatic carbocycles. The summed E-state index contributed by atoms with van der Waals surface area (Å²) in [6.07, 6.45) is 3.56. The van der Waals surface area contributed by atoms with E-state index in [2.05, 4.69) is 20.5 Å². The summed E-state index contributed by atoms with van der Waals surface area (Å²) in [6, 6.07) is 11.3. The van der Waals surface area contributed by atoms with Gasteiger partial charge in [-0.25, -0.2) is 13.8 Å². The molecule has 0 aliphatic heterocycles. The molecule has 7 heteroatoms. The summed E-state index contributed by atoms with van der Waals surface area (Å²) in [6.45, 7) is 0. The van der Waals surface area contributed by atoms with Gasteiger partial charge < -0.3 is 4.98 Å². The highest BCUT2D eigenvalue weighted by Crippen LogP contribution is 2.27. The lowest BCUT2D eigenvalue weighted by molar-refractivity contribution is 0.585. The zero-order valence-electron chi connectivity index (χ0n) is 12.8. The lowest BCUT2D eigenvalue weighted by Gasteiger charge is -1.99. The maximum atomic E-state index is 13.8. The number of benzene rings is 2. The van der Waals surface area contributed by atoms with E-state index >= 15 is 0 Å². The third-order valence-corrected chi connectivity index (χ3v) is 4.44. The van der Waals surface area contributed by atoms with E-state index in [1.807, 2.05) is 30.5 Å². The molecule has 2 aromatic carbocycles. The number of H-pyrrole nitrogens is 1. The van der Waals surface area contributed by atoms with Gasteiger partial charge in [0, 0.05) is 39.7 Å². The number of hydrazone groups is 1. The van der Waals surface area contributed by atoms with Crippen LogP contribution in [-0.4, -0.2) is 16.2 Å². The van der Waals surface area contributed by atoms with Crippen LogP contribution in [0.15, 0.2) is 59.1 Å². The Hall–Kier alpha value is -3.06. The smallest absolute Gasteiger partial charge is 0.203 e. The molecule has 2 N–H and O–H groups in total. The van der Waals surface area contributed by atoms with Crippen molar-refractivity contribution < 1.29 is 8.78 Å². The molecule has 0 atom stereocenters. The van der Waals surface area contributed by atoms with Crippen molar-refractivity contribution in [1.82, 2.24) is 9.97 Å². The molecule has 2 heterocycles. The second-order valence-electron chi connectivity index (χ2n) is 5.32. The first-order valence-corrected chi connectivity index (χ1v) is 8.35. The Kier molecular flexibility index (Phi) is 3.99. The molecule has 0 unspecified atom stereocenters. The van der Waals surface area contributed by atoms with Gasteiger partial charge in [-0.2, -0.15) is 5.10 Å². The van der Waals surface area contributed by atoms with Gasteiger partial charge in [-0.15, -0.1) is 11.3 Å². The van der Waals surface area contributed by atoms with Crippen LogP contribution in [0, 0.1) is 11.6 Å². The normalized spacial score (nSPS) is 11.4. The number of anilines is 1. The minimum absolute atomic E-state index is 0.256. The van der Waals surface area contributed by atoms with Crippen LogP contribution >= 0.6 is 11.3 Å². The zero-order chi connectivity index (χ0) is 17.2. The first-order valence-electron chi connectivity index (χ1n) is 7.47. The summed E-state index contributed by atoms with van der Waals surface area (Å²) in [5.41, 5.74) is 5.51. The molecule has 4 nitrogen and oxygen atoms in total. The van der Waals surface area contributed by atoms with Gasteiger partial charge in [0.05, 0.1) is 11.9 Å². The van der Waals surface area contributed by atoms with E-state index in [9.17, 15) is 8.78 Å². The number of thiazole rings is 1. The molecule has 4 aromatic rings. The summed E-state index contributed by atoms with van der Waals surface area (Å²) >= 11 is 1.29. The minimum atomic E-state index is -0.640. The van der Waals surface area contributed by atoms with Crippen LogP contribution < -0.4 is 5.43 Å². The van der Waals surface area contributed by atoms with Crippen LogP contribution in [-0.2, 0) is 0 Å². The Labute approximate surface area is 145 Å². The van der Waals surface area contributed by atoms with Gasteiger partial charge in [0.1, 0.15) is 11.6 Å². The third kappa shape index (κ3) is 3.14. The molecule has 0 saturated heterocycles. The Bertz CT molecular complexity index is 1070. The van der Waals surface area contributed by atoms with Crippen molar-refractivity contribution in [3.8, 4) is 11.3 Å². The summed E-state index contributed by atoms with van der Waals surface area (Å²) in [5.74, 6) is -1.25. The van der Waals surface area contributed by atoms with Crippen molar-refractivity contribution in [3.63, 3.8) is 0 Å². The highest BCUT2D eigenvalue weighted by molar-refractivity contribution is 7.14. The van der Waals surface area contributed by atoms with Crippen LogP contribution in [0.4, 0.5) is 13.9 Å². The SMILES string of the molecule is Fc1ccc(-c2csc(N/N=C\c3c[nH]c4ccccc34)n2)c(F)c1. The largest absolute Gasteiger partial charge is 0.361 e. The van der Waals surface area contributed by atoms with E-state index in [1.165, 1.54) is 23.5 Å². The van der Waals surface area contributed by atoms with E-state index in [0.717, 1.165) is 22.5 Å². The van der Waals surface area contributed by atoms with Gasteiger partial charge in [-0.1, -0.05) is 18.2 Å². The molecular weight excluding hydrogens is 342 g/mol. The molecule has 0 aliphatic rings. The number of aromatic amines is 1. The number of hydrogen-bond acceptors (Lipinski definition) is 4. The van der Waals surface area contributed by atoms with Crippen molar-refractivity contribution in [1.29, 1.82) is 0 Å². The Morgan fingerprint density at radius 3 is 2.92 bits per heavy atom. The molecule has 0 radical (unpaired) electrons. The van der Waals surface area contributed by atoms with Crippen molar-refractivity contribution in [2.45, 2.75) is 0 Å². The van der Waals surface area contributed by atoms with Crippen LogP contribution in [0.3, 0.4) is 0 Å². The van der Waals surface area contributed by atoms with E-state index in [1.54, 1.807) is 11.6 Å². The van der Waals surface area contributed by atoms with Gasteiger partial charge in [-0.05, 0) is 18.2 Å². The number of fused-ring (bicyclic) bond motifs is 1. The van der Waals surface area contributed by atoms with E-state index in [-0.39, 0.29) is 5.56 Å².